The van der Waals surface area contributed by atoms with Crippen LogP contribution < -0.4 is 10.6 Å². The molecule has 3 rings (SSSR count). The van der Waals surface area contributed by atoms with Crippen molar-refractivity contribution >= 4 is 17.3 Å². The first kappa shape index (κ1) is 17.2. The monoisotopic (exact) mass is 353 g/mol. The SMILES string of the molecule is CCNC(=NCc1cccc(-n2cccn2)c1)NC(C)c1cccs1. The van der Waals surface area contributed by atoms with Gasteiger partial charge in [-0.05, 0) is 49.1 Å². The zero-order valence-corrected chi connectivity index (χ0v) is 15.3. The minimum atomic E-state index is 0.230. The van der Waals surface area contributed by atoms with Gasteiger partial charge in [0, 0.05) is 23.8 Å². The smallest absolute Gasteiger partial charge is 0.192 e. The third-order valence-electron chi connectivity index (χ3n) is 3.77. The highest BCUT2D eigenvalue weighted by molar-refractivity contribution is 7.10. The van der Waals surface area contributed by atoms with E-state index in [-0.39, 0.29) is 6.04 Å². The Bertz CT molecular complexity index is 793. The van der Waals surface area contributed by atoms with Crippen LogP contribution in [0.4, 0.5) is 0 Å². The maximum absolute atomic E-state index is 4.73. The Morgan fingerprint density at radius 2 is 2.20 bits per heavy atom. The molecule has 0 spiro atoms. The molecule has 25 heavy (non-hydrogen) atoms. The number of hydrogen-bond acceptors (Lipinski definition) is 3. The molecule has 0 fully saturated rings. The number of aromatic nitrogens is 2. The van der Waals surface area contributed by atoms with Gasteiger partial charge in [0.05, 0.1) is 18.3 Å². The van der Waals surface area contributed by atoms with Gasteiger partial charge in [-0.1, -0.05) is 18.2 Å². The Morgan fingerprint density at radius 3 is 2.92 bits per heavy atom. The van der Waals surface area contributed by atoms with E-state index < -0.39 is 0 Å². The van der Waals surface area contributed by atoms with Gasteiger partial charge in [0.2, 0.25) is 0 Å². The van der Waals surface area contributed by atoms with E-state index in [4.69, 9.17) is 4.99 Å². The van der Waals surface area contributed by atoms with Crippen LogP contribution in [-0.2, 0) is 6.54 Å². The maximum Gasteiger partial charge on any atom is 0.192 e. The summed E-state index contributed by atoms with van der Waals surface area (Å²) in [6.07, 6.45) is 3.72. The standard InChI is InChI=1S/C19H23N5S/c1-3-20-19(23-15(2)18-9-5-12-25-18)21-14-16-7-4-8-17(13-16)24-11-6-10-22-24/h4-13,15H,3,14H2,1-2H3,(H2,20,21,23). The van der Waals surface area contributed by atoms with Crippen LogP contribution >= 0.6 is 11.3 Å². The van der Waals surface area contributed by atoms with Gasteiger partial charge >= 0.3 is 0 Å². The van der Waals surface area contributed by atoms with Crippen molar-refractivity contribution in [3.8, 4) is 5.69 Å². The Morgan fingerprint density at radius 1 is 1.28 bits per heavy atom. The van der Waals surface area contributed by atoms with Crippen molar-refractivity contribution in [1.82, 2.24) is 20.4 Å². The zero-order chi connectivity index (χ0) is 17.5. The summed E-state index contributed by atoms with van der Waals surface area (Å²) >= 11 is 1.75. The van der Waals surface area contributed by atoms with Gasteiger partial charge in [0.25, 0.3) is 0 Å². The van der Waals surface area contributed by atoms with Crippen molar-refractivity contribution < 1.29 is 0 Å². The summed E-state index contributed by atoms with van der Waals surface area (Å²) in [6.45, 7) is 5.67. The predicted molar refractivity (Wildman–Crippen MR) is 104 cm³/mol. The van der Waals surface area contributed by atoms with Gasteiger partial charge in [-0.3, -0.25) is 0 Å². The number of nitrogens with one attached hydrogen (secondary N) is 2. The third-order valence-corrected chi connectivity index (χ3v) is 4.82. The normalized spacial score (nSPS) is 12.8. The second-order valence-electron chi connectivity index (χ2n) is 5.70. The van der Waals surface area contributed by atoms with E-state index in [0.29, 0.717) is 6.54 Å². The number of hydrogen-bond donors (Lipinski definition) is 2. The fourth-order valence-electron chi connectivity index (χ4n) is 2.52. The maximum atomic E-state index is 4.73. The van der Waals surface area contributed by atoms with E-state index in [2.05, 4.69) is 59.2 Å². The topological polar surface area (TPSA) is 54.2 Å². The minimum Gasteiger partial charge on any atom is -0.357 e. The molecular weight excluding hydrogens is 330 g/mol. The lowest BCUT2D eigenvalue weighted by Gasteiger charge is -2.16. The fourth-order valence-corrected chi connectivity index (χ4v) is 3.26. The molecule has 0 amide bonds. The molecule has 0 aliphatic rings. The van der Waals surface area contributed by atoms with Gasteiger partial charge in [-0.2, -0.15) is 5.10 Å². The van der Waals surface area contributed by atoms with Gasteiger partial charge in [-0.15, -0.1) is 11.3 Å². The van der Waals surface area contributed by atoms with Crippen LogP contribution in [0.3, 0.4) is 0 Å². The Kier molecular flexibility index (Phi) is 5.85. The molecule has 2 heterocycles. The van der Waals surface area contributed by atoms with E-state index in [1.165, 1.54) is 4.88 Å². The highest BCUT2D eigenvalue weighted by atomic mass is 32.1. The lowest BCUT2D eigenvalue weighted by molar-refractivity contribution is 0.698. The molecule has 1 aromatic carbocycles. The minimum absolute atomic E-state index is 0.230. The Labute approximate surface area is 152 Å². The predicted octanol–water partition coefficient (Wildman–Crippen LogP) is 3.75. The molecule has 0 saturated heterocycles. The first-order valence-electron chi connectivity index (χ1n) is 8.43. The molecule has 2 aromatic heterocycles. The summed E-state index contributed by atoms with van der Waals surface area (Å²) < 4.78 is 1.86. The van der Waals surface area contributed by atoms with Crippen LogP contribution in [0.5, 0.6) is 0 Å². The summed E-state index contributed by atoms with van der Waals surface area (Å²) in [4.78, 5) is 6.02. The molecule has 130 valence electrons. The molecule has 6 heteroatoms. The zero-order valence-electron chi connectivity index (χ0n) is 14.5. The van der Waals surface area contributed by atoms with Gasteiger partial charge in [0.15, 0.2) is 5.96 Å². The molecule has 0 aliphatic carbocycles. The van der Waals surface area contributed by atoms with Crippen molar-refractivity contribution in [2.75, 3.05) is 6.54 Å². The van der Waals surface area contributed by atoms with Crippen molar-refractivity contribution in [3.63, 3.8) is 0 Å². The quantitative estimate of drug-likeness (QED) is 0.524. The van der Waals surface area contributed by atoms with Crippen LogP contribution in [0.1, 0.15) is 30.3 Å². The second-order valence-corrected chi connectivity index (χ2v) is 6.68. The van der Waals surface area contributed by atoms with Crippen molar-refractivity contribution in [1.29, 1.82) is 0 Å². The number of guanidine groups is 1. The van der Waals surface area contributed by atoms with E-state index in [1.807, 2.05) is 29.1 Å². The Hall–Kier alpha value is -2.60. The summed E-state index contributed by atoms with van der Waals surface area (Å²) in [5.41, 5.74) is 2.19. The van der Waals surface area contributed by atoms with Crippen molar-refractivity contribution in [3.05, 3.63) is 70.7 Å². The average Bonchev–Trinajstić information content (AvgIpc) is 3.33. The lowest BCUT2D eigenvalue weighted by atomic mass is 10.2. The van der Waals surface area contributed by atoms with E-state index in [1.54, 1.807) is 17.5 Å². The molecule has 1 unspecified atom stereocenters. The molecule has 1 atom stereocenters. The van der Waals surface area contributed by atoms with Gasteiger partial charge in [0.1, 0.15) is 0 Å². The summed E-state index contributed by atoms with van der Waals surface area (Å²) in [5, 5.41) is 13.2. The first-order chi connectivity index (χ1) is 12.3. The molecule has 0 aliphatic heterocycles. The van der Waals surface area contributed by atoms with E-state index >= 15 is 0 Å². The summed E-state index contributed by atoms with van der Waals surface area (Å²) in [7, 11) is 0. The first-order valence-corrected chi connectivity index (χ1v) is 9.31. The van der Waals surface area contributed by atoms with Gasteiger partial charge < -0.3 is 10.6 Å². The number of rotatable bonds is 6. The third kappa shape index (κ3) is 4.70. The van der Waals surface area contributed by atoms with Crippen LogP contribution in [0.2, 0.25) is 0 Å². The molecule has 2 N–H and O–H groups in total. The summed E-state index contributed by atoms with van der Waals surface area (Å²) in [5.74, 6) is 0.827. The Balaban J connectivity index is 1.70. The van der Waals surface area contributed by atoms with E-state index in [0.717, 1.165) is 23.8 Å². The molecule has 0 bridgehead atoms. The van der Waals surface area contributed by atoms with Crippen LogP contribution in [0.25, 0.3) is 5.69 Å². The molecular formula is C19H23N5S. The highest BCUT2D eigenvalue weighted by Crippen LogP contribution is 2.18. The molecule has 0 saturated carbocycles. The fraction of sp³-hybridized carbons (Fsp3) is 0.263. The lowest BCUT2D eigenvalue weighted by Crippen LogP contribution is -2.38. The average molecular weight is 353 g/mol. The van der Waals surface area contributed by atoms with Gasteiger partial charge in [-0.25, -0.2) is 9.67 Å². The number of nitrogens with zero attached hydrogens (tertiary/aromatic N) is 3. The van der Waals surface area contributed by atoms with Crippen LogP contribution in [0.15, 0.2) is 65.2 Å². The summed E-state index contributed by atoms with van der Waals surface area (Å²) in [6, 6.07) is 14.6. The highest BCUT2D eigenvalue weighted by Gasteiger charge is 2.08. The second kappa shape index (κ2) is 8.48. The number of benzene rings is 1. The number of aliphatic imine (C=N–C) groups is 1. The van der Waals surface area contributed by atoms with Crippen LogP contribution in [0, 0.1) is 0 Å². The van der Waals surface area contributed by atoms with Crippen LogP contribution in [-0.4, -0.2) is 22.3 Å². The molecule has 3 aromatic rings. The molecule has 0 radical (unpaired) electrons. The largest absolute Gasteiger partial charge is 0.357 e. The molecule has 5 nitrogen and oxygen atoms in total. The van der Waals surface area contributed by atoms with E-state index in [9.17, 15) is 0 Å². The number of thiophene rings is 1. The van der Waals surface area contributed by atoms with Crippen molar-refractivity contribution in [2.45, 2.75) is 26.4 Å². The van der Waals surface area contributed by atoms with Crippen molar-refractivity contribution in [2.24, 2.45) is 4.99 Å².